The van der Waals surface area contributed by atoms with E-state index in [0.717, 1.165) is 31.0 Å². The molecule has 90 valence electrons. The summed E-state index contributed by atoms with van der Waals surface area (Å²) in [6.45, 7) is 5.03. The third-order valence-electron chi connectivity index (χ3n) is 2.35. The van der Waals surface area contributed by atoms with E-state index < -0.39 is 0 Å². The van der Waals surface area contributed by atoms with Crippen molar-refractivity contribution < 1.29 is 4.74 Å². The summed E-state index contributed by atoms with van der Waals surface area (Å²) in [6.07, 6.45) is 4.36. The Morgan fingerprint density at radius 1 is 1.31 bits per heavy atom. The average molecular weight is 224 g/mol. The smallest absolute Gasteiger partial charge is 0.150 e. The minimum absolute atomic E-state index is 0.681. The number of hydrogen-bond acceptors (Lipinski definition) is 5. The molecule has 0 atom stereocenters. The Kier molecular flexibility index (Phi) is 5.74. The van der Waals surface area contributed by atoms with E-state index in [1.165, 1.54) is 0 Å². The highest BCUT2D eigenvalue weighted by Crippen LogP contribution is 2.13. The van der Waals surface area contributed by atoms with Crippen molar-refractivity contribution in [3.63, 3.8) is 0 Å². The van der Waals surface area contributed by atoms with Gasteiger partial charge in [-0.25, -0.2) is 4.98 Å². The Morgan fingerprint density at radius 2 is 2.06 bits per heavy atom. The molecule has 1 rings (SSSR count). The highest BCUT2D eigenvalue weighted by molar-refractivity contribution is 5.42. The fourth-order valence-corrected chi connectivity index (χ4v) is 1.52. The Bertz CT molecular complexity index is 298. The van der Waals surface area contributed by atoms with Crippen LogP contribution in [0, 0.1) is 6.92 Å². The minimum Gasteiger partial charge on any atom is -0.383 e. The summed E-state index contributed by atoms with van der Waals surface area (Å²) in [5.74, 6) is 0.924. The lowest BCUT2D eigenvalue weighted by atomic mass is 10.3. The summed E-state index contributed by atoms with van der Waals surface area (Å²) in [4.78, 5) is 10.8. The Balaban J connectivity index is 2.70. The molecule has 2 N–H and O–H groups in total. The molecule has 0 saturated carbocycles. The summed E-state index contributed by atoms with van der Waals surface area (Å²) in [6, 6.07) is 0. The van der Waals surface area contributed by atoms with E-state index >= 15 is 0 Å². The Morgan fingerprint density at radius 3 is 2.69 bits per heavy atom. The topological polar surface area (TPSA) is 64.3 Å². The quantitative estimate of drug-likeness (QED) is 0.734. The highest BCUT2D eigenvalue weighted by Gasteiger charge is 2.10. The number of aryl methyl sites for hydroxylation is 1. The van der Waals surface area contributed by atoms with Crippen LogP contribution in [0.4, 0.5) is 5.82 Å². The first-order valence-electron chi connectivity index (χ1n) is 5.51. The predicted octanol–water partition coefficient (Wildman–Crippen LogP) is 0.587. The normalized spacial score (nSPS) is 10.4. The number of nitrogens with zero attached hydrogens (tertiary/aromatic N) is 3. The molecule has 5 nitrogen and oxygen atoms in total. The zero-order valence-corrected chi connectivity index (χ0v) is 10.0. The summed E-state index contributed by atoms with van der Waals surface area (Å²) in [5.41, 5.74) is 6.47. The van der Waals surface area contributed by atoms with Gasteiger partial charge in [-0.3, -0.25) is 4.98 Å². The van der Waals surface area contributed by atoms with Crippen LogP contribution in [0.2, 0.25) is 0 Å². The van der Waals surface area contributed by atoms with Crippen LogP contribution >= 0.6 is 0 Å². The standard InChI is InChI=1S/C11H20N4O/c1-10-11(14-6-5-13-10)15(7-3-4-12)8-9-16-2/h5-6H,3-4,7-9,12H2,1-2H3. The molecule has 1 aromatic heterocycles. The summed E-state index contributed by atoms with van der Waals surface area (Å²) in [5, 5.41) is 0. The molecule has 1 aromatic rings. The van der Waals surface area contributed by atoms with E-state index in [9.17, 15) is 0 Å². The van der Waals surface area contributed by atoms with Gasteiger partial charge in [0.15, 0.2) is 0 Å². The number of nitrogens with two attached hydrogens (primary N) is 1. The van der Waals surface area contributed by atoms with Crippen molar-refractivity contribution in [2.75, 3.05) is 38.3 Å². The number of aromatic nitrogens is 2. The molecule has 0 unspecified atom stereocenters. The van der Waals surface area contributed by atoms with E-state index in [1.54, 1.807) is 19.5 Å². The monoisotopic (exact) mass is 224 g/mol. The second kappa shape index (κ2) is 7.14. The van der Waals surface area contributed by atoms with Crippen LogP contribution in [0.25, 0.3) is 0 Å². The van der Waals surface area contributed by atoms with Gasteiger partial charge in [-0.1, -0.05) is 0 Å². The van der Waals surface area contributed by atoms with Gasteiger partial charge in [0.2, 0.25) is 0 Å². The third-order valence-corrected chi connectivity index (χ3v) is 2.35. The molecule has 5 heteroatoms. The molecule has 1 heterocycles. The van der Waals surface area contributed by atoms with Crippen LogP contribution in [0.5, 0.6) is 0 Å². The first-order valence-corrected chi connectivity index (χ1v) is 5.51. The Labute approximate surface area is 96.6 Å². The zero-order chi connectivity index (χ0) is 11.8. The second-order valence-corrected chi connectivity index (χ2v) is 3.59. The summed E-state index contributed by atoms with van der Waals surface area (Å²) >= 11 is 0. The van der Waals surface area contributed by atoms with Crippen molar-refractivity contribution >= 4 is 5.82 Å². The van der Waals surface area contributed by atoms with Crippen molar-refractivity contribution in [2.24, 2.45) is 5.73 Å². The number of ether oxygens (including phenoxy) is 1. The highest BCUT2D eigenvalue weighted by atomic mass is 16.5. The van der Waals surface area contributed by atoms with Crippen molar-refractivity contribution in [1.82, 2.24) is 9.97 Å². The lowest BCUT2D eigenvalue weighted by molar-refractivity contribution is 0.205. The van der Waals surface area contributed by atoms with Crippen molar-refractivity contribution in [1.29, 1.82) is 0 Å². The molecule has 0 aliphatic rings. The van der Waals surface area contributed by atoms with Crippen LogP contribution in [-0.2, 0) is 4.74 Å². The molecule has 0 spiro atoms. The van der Waals surface area contributed by atoms with Gasteiger partial charge in [-0.15, -0.1) is 0 Å². The van der Waals surface area contributed by atoms with Gasteiger partial charge in [-0.2, -0.15) is 0 Å². The lowest BCUT2D eigenvalue weighted by Gasteiger charge is -2.24. The van der Waals surface area contributed by atoms with Crippen molar-refractivity contribution in [3.8, 4) is 0 Å². The molecule has 16 heavy (non-hydrogen) atoms. The molecule has 0 aliphatic heterocycles. The van der Waals surface area contributed by atoms with Gasteiger partial charge >= 0.3 is 0 Å². The lowest BCUT2D eigenvalue weighted by Crippen LogP contribution is -2.31. The SMILES string of the molecule is COCCN(CCCN)c1nccnc1C. The van der Waals surface area contributed by atoms with Crippen LogP contribution in [0.3, 0.4) is 0 Å². The van der Waals surface area contributed by atoms with E-state index in [4.69, 9.17) is 10.5 Å². The van der Waals surface area contributed by atoms with Gasteiger partial charge < -0.3 is 15.4 Å². The van der Waals surface area contributed by atoms with Gasteiger partial charge in [0, 0.05) is 32.6 Å². The molecule has 0 aromatic carbocycles. The van der Waals surface area contributed by atoms with Gasteiger partial charge in [0.05, 0.1) is 12.3 Å². The minimum atomic E-state index is 0.681. The molecule has 0 radical (unpaired) electrons. The molecule has 0 bridgehead atoms. The summed E-state index contributed by atoms with van der Waals surface area (Å²) in [7, 11) is 1.70. The van der Waals surface area contributed by atoms with Crippen LogP contribution in [0.15, 0.2) is 12.4 Å². The summed E-state index contributed by atoms with van der Waals surface area (Å²) < 4.78 is 5.09. The predicted molar refractivity (Wildman–Crippen MR) is 64.5 cm³/mol. The number of anilines is 1. The fraction of sp³-hybridized carbons (Fsp3) is 0.636. The van der Waals surface area contributed by atoms with Gasteiger partial charge in [0.25, 0.3) is 0 Å². The van der Waals surface area contributed by atoms with Gasteiger partial charge in [0.1, 0.15) is 5.82 Å². The van der Waals surface area contributed by atoms with Crippen LogP contribution in [-0.4, -0.2) is 43.3 Å². The van der Waals surface area contributed by atoms with Crippen LogP contribution < -0.4 is 10.6 Å². The molecule has 0 fully saturated rings. The zero-order valence-electron chi connectivity index (χ0n) is 10.0. The first-order chi connectivity index (χ1) is 7.79. The number of rotatable bonds is 7. The van der Waals surface area contributed by atoms with Gasteiger partial charge in [-0.05, 0) is 19.9 Å². The molecular formula is C11H20N4O. The van der Waals surface area contributed by atoms with E-state index in [1.807, 2.05) is 6.92 Å². The largest absolute Gasteiger partial charge is 0.383 e. The van der Waals surface area contributed by atoms with Crippen molar-refractivity contribution in [2.45, 2.75) is 13.3 Å². The molecule has 0 aliphatic carbocycles. The maximum Gasteiger partial charge on any atom is 0.150 e. The van der Waals surface area contributed by atoms with E-state index in [-0.39, 0.29) is 0 Å². The van der Waals surface area contributed by atoms with E-state index in [2.05, 4.69) is 14.9 Å². The first kappa shape index (κ1) is 12.9. The molecule has 0 saturated heterocycles. The average Bonchev–Trinajstić information content (AvgIpc) is 2.31. The molecular weight excluding hydrogens is 204 g/mol. The maximum atomic E-state index is 5.53. The maximum absolute atomic E-state index is 5.53. The van der Waals surface area contributed by atoms with Crippen LogP contribution in [0.1, 0.15) is 12.1 Å². The number of hydrogen-bond donors (Lipinski definition) is 1. The Hall–Kier alpha value is -1.20. The van der Waals surface area contributed by atoms with E-state index in [0.29, 0.717) is 13.2 Å². The molecule has 0 amide bonds. The fourth-order valence-electron chi connectivity index (χ4n) is 1.52. The third kappa shape index (κ3) is 3.75. The van der Waals surface area contributed by atoms with Crippen molar-refractivity contribution in [3.05, 3.63) is 18.1 Å². The number of methoxy groups -OCH3 is 1. The second-order valence-electron chi connectivity index (χ2n) is 3.59.